The van der Waals surface area contributed by atoms with Crippen molar-refractivity contribution in [2.75, 3.05) is 0 Å². The summed E-state index contributed by atoms with van der Waals surface area (Å²) in [5, 5.41) is 16.1. The van der Waals surface area contributed by atoms with Gasteiger partial charge in [0.15, 0.2) is 0 Å². The zero-order chi connectivity index (χ0) is 12.8. The van der Waals surface area contributed by atoms with Crippen LogP contribution in [0.25, 0.3) is 0 Å². The molecule has 1 aliphatic rings. The Balaban J connectivity index is 2.02. The monoisotopic (exact) mass is 237 g/mol. The maximum atomic E-state index is 8.84. The van der Waals surface area contributed by atoms with Crippen LogP contribution in [0.15, 0.2) is 30.5 Å². The Morgan fingerprint density at radius 1 is 1.33 bits per heavy atom. The van der Waals surface area contributed by atoms with Crippen molar-refractivity contribution in [1.82, 2.24) is 10.2 Å². The zero-order valence-corrected chi connectivity index (χ0v) is 10.6. The Morgan fingerprint density at radius 2 is 2.06 bits per heavy atom. The molecule has 0 saturated carbocycles. The summed E-state index contributed by atoms with van der Waals surface area (Å²) in [4.78, 5) is 0. The van der Waals surface area contributed by atoms with E-state index in [1.165, 1.54) is 16.8 Å². The fourth-order valence-electron chi connectivity index (χ4n) is 2.91. The summed E-state index contributed by atoms with van der Waals surface area (Å²) in [6.07, 6.45) is 3.02. The van der Waals surface area contributed by atoms with Crippen LogP contribution in [0.4, 0.5) is 0 Å². The average molecular weight is 237 g/mol. The number of H-pyrrole nitrogens is 1. The van der Waals surface area contributed by atoms with Gasteiger partial charge in [0.2, 0.25) is 0 Å². The van der Waals surface area contributed by atoms with Crippen molar-refractivity contribution in [1.29, 1.82) is 5.26 Å². The molecule has 1 N–H and O–H groups in total. The summed E-state index contributed by atoms with van der Waals surface area (Å²) < 4.78 is 0. The topological polar surface area (TPSA) is 52.5 Å². The SMILES string of the molecule is CC1(C)C[C@@H](c2ccc(C#N)cc2)c2cn[nH]c21. The van der Waals surface area contributed by atoms with E-state index >= 15 is 0 Å². The molecule has 0 spiro atoms. The molecular formula is C15H15N3. The molecule has 0 radical (unpaired) electrons. The van der Waals surface area contributed by atoms with E-state index in [0.29, 0.717) is 11.5 Å². The molecule has 3 heteroatoms. The van der Waals surface area contributed by atoms with E-state index in [2.05, 4.69) is 42.2 Å². The van der Waals surface area contributed by atoms with E-state index < -0.39 is 0 Å². The first-order chi connectivity index (χ1) is 8.62. The minimum absolute atomic E-state index is 0.143. The fraction of sp³-hybridized carbons (Fsp3) is 0.333. The van der Waals surface area contributed by atoms with Crippen LogP contribution in [0, 0.1) is 11.3 Å². The smallest absolute Gasteiger partial charge is 0.0991 e. The van der Waals surface area contributed by atoms with Crippen LogP contribution in [0.3, 0.4) is 0 Å². The first-order valence-corrected chi connectivity index (χ1v) is 6.15. The highest BCUT2D eigenvalue weighted by atomic mass is 15.1. The van der Waals surface area contributed by atoms with Gasteiger partial charge < -0.3 is 0 Å². The Morgan fingerprint density at radius 3 is 2.72 bits per heavy atom. The number of nitrogens with one attached hydrogen (secondary N) is 1. The van der Waals surface area contributed by atoms with E-state index in [9.17, 15) is 0 Å². The lowest BCUT2D eigenvalue weighted by Gasteiger charge is -2.18. The Hall–Kier alpha value is -2.08. The number of rotatable bonds is 1. The van der Waals surface area contributed by atoms with Crippen molar-refractivity contribution in [3.8, 4) is 6.07 Å². The van der Waals surface area contributed by atoms with Crippen LogP contribution in [-0.2, 0) is 5.41 Å². The van der Waals surface area contributed by atoms with Gasteiger partial charge in [0.05, 0.1) is 17.8 Å². The van der Waals surface area contributed by atoms with Crippen LogP contribution in [0.2, 0.25) is 0 Å². The van der Waals surface area contributed by atoms with Gasteiger partial charge in [0, 0.05) is 22.6 Å². The number of hydrogen-bond acceptors (Lipinski definition) is 2. The van der Waals surface area contributed by atoms with Crippen molar-refractivity contribution < 1.29 is 0 Å². The molecule has 0 saturated heterocycles. The highest BCUT2D eigenvalue weighted by molar-refractivity contribution is 5.44. The molecule has 1 aromatic carbocycles. The van der Waals surface area contributed by atoms with Gasteiger partial charge in [-0.3, -0.25) is 5.10 Å². The lowest BCUT2D eigenvalue weighted by molar-refractivity contribution is 0.483. The maximum absolute atomic E-state index is 8.84. The van der Waals surface area contributed by atoms with Crippen LogP contribution in [0.1, 0.15) is 48.6 Å². The summed E-state index contributed by atoms with van der Waals surface area (Å²) in [5.74, 6) is 0.390. The molecule has 0 bridgehead atoms. The minimum atomic E-state index is 0.143. The molecule has 0 amide bonds. The number of nitriles is 1. The first kappa shape index (κ1) is 11.0. The maximum Gasteiger partial charge on any atom is 0.0991 e. The normalized spacial score (nSPS) is 20.4. The Labute approximate surface area is 106 Å². The highest BCUT2D eigenvalue weighted by Gasteiger charge is 2.39. The van der Waals surface area contributed by atoms with E-state index in [4.69, 9.17) is 5.26 Å². The second kappa shape index (κ2) is 3.71. The molecule has 0 fully saturated rings. The van der Waals surface area contributed by atoms with E-state index in [-0.39, 0.29) is 5.41 Å². The molecule has 2 aromatic rings. The van der Waals surface area contributed by atoms with Crippen LogP contribution < -0.4 is 0 Å². The largest absolute Gasteiger partial charge is 0.282 e. The molecule has 3 nitrogen and oxygen atoms in total. The lowest BCUT2D eigenvalue weighted by Crippen LogP contribution is -2.14. The summed E-state index contributed by atoms with van der Waals surface area (Å²) in [6.45, 7) is 4.49. The molecule has 3 rings (SSSR count). The summed E-state index contributed by atoms with van der Waals surface area (Å²) >= 11 is 0. The molecule has 1 aromatic heterocycles. The van der Waals surface area contributed by atoms with Crippen molar-refractivity contribution in [3.05, 3.63) is 52.8 Å². The van der Waals surface area contributed by atoms with Crippen LogP contribution in [0.5, 0.6) is 0 Å². The standard InChI is InChI=1S/C15H15N3/c1-15(2)7-12(13-9-17-18-14(13)15)11-5-3-10(8-16)4-6-11/h3-6,9,12H,7H2,1-2H3,(H,17,18)/t12-/m0/s1. The molecular weight excluding hydrogens is 222 g/mol. The van der Waals surface area contributed by atoms with Gasteiger partial charge in [-0.15, -0.1) is 0 Å². The van der Waals surface area contributed by atoms with E-state index in [1.807, 2.05) is 18.3 Å². The third-order valence-corrected chi connectivity index (χ3v) is 3.88. The highest BCUT2D eigenvalue weighted by Crippen LogP contribution is 2.47. The first-order valence-electron chi connectivity index (χ1n) is 6.15. The Kier molecular flexibility index (Phi) is 2.27. The molecule has 1 aliphatic carbocycles. The third kappa shape index (κ3) is 1.53. The summed E-state index contributed by atoms with van der Waals surface area (Å²) in [7, 11) is 0. The second-order valence-corrected chi connectivity index (χ2v) is 5.57. The van der Waals surface area contributed by atoms with Crippen molar-refractivity contribution >= 4 is 0 Å². The van der Waals surface area contributed by atoms with Gasteiger partial charge >= 0.3 is 0 Å². The van der Waals surface area contributed by atoms with Crippen LogP contribution in [-0.4, -0.2) is 10.2 Å². The molecule has 0 unspecified atom stereocenters. The minimum Gasteiger partial charge on any atom is -0.282 e. The number of fused-ring (bicyclic) bond motifs is 1. The average Bonchev–Trinajstić information content (AvgIpc) is 2.93. The zero-order valence-electron chi connectivity index (χ0n) is 10.6. The van der Waals surface area contributed by atoms with Gasteiger partial charge in [-0.2, -0.15) is 10.4 Å². The van der Waals surface area contributed by atoms with Gasteiger partial charge in [-0.1, -0.05) is 26.0 Å². The Bertz CT molecular complexity index is 614. The quantitative estimate of drug-likeness (QED) is 0.828. The van der Waals surface area contributed by atoms with Gasteiger partial charge in [-0.25, -0.2) is 0 Å². The van der Waals surface area contributed by atoms with Crippen molar-refractivity contribution in [2.45, 2.75) is 31.6 Å². The van der Waals surface area contributed by atoms with Gasteiger partial charge in [0.25, 0.3) is 0 Å². The van der Waals surface area contributed by atoms with E-state index in [0.717, 1.165) is 6.42 Å². The molecule has 0 aliphatic heterocycles. The molecule has 18 heavy (non-hydrogen) atoms. The predicted octanol–water partition coefficient (Wildman–Crippen LogP) is 3.09. The second-order valence-electron chi connectivity index (χ2n) is 5.57. The fourth-order valence-corrected chi connectivity index (χ4v) is 2.91. The summed E-state index contributed by atoms with van der Waals surface area (Å²) in [5.41, 5.74) is 4.66. The van der Waals surface area contributed by atoms with Crippen molar-refractivity contribution in [2.24, 2.45) is 0 Å². The number of aromatic nitrogens is 2. The number of benzene rings is 1. The molecule has 90 valence electrons. The van der Waals surface area contributed by atoms with Gasteiger partial charge in [-0.05, 0) is 24.1 Å². The molecule has 1 heterocycles. The predicted molar refractivity (Wildman–Crippen MR) is 69.2 cm³/mol. The number of aromatic amines is 1. The number of nitrogens with zero attached hydrogens (tertiary/aromatic N) is 2. The lowest BCUT2D eigenvalue weighted by atomic mass is 9.86. The van der Waals surface area contributed by atoms with Gasteiger partial charge in [0.1, 0.15) is 0 Å². The van der Waals surface area contributed by atoms with E-state index in [1.54, 1.807) is 0 Å². The summed E-state index contributed by atoms with van der Waals surface area (Å²) in [6, 6.07) is 10.0. The van der Waals surface area contributed by atoms with Crippen molar-refractivity contribution in [3.63, 3.8) is 0 Å². The third-order valence-electron chi connectivity index (χ3n) is 3.88. The molecule has 1 atom stereocenters. The van der Waals surface area contributed by atoms with Crippen LogP contribution >= 0.6 is 0 Å². The number of hydrogen-bond donors (Lipinski definition) is 1.